The number of nitrogens with one attached hydrogen (secondary N) is 1. The molecule has 2 fully saturated rings. The molecular weight excluding hydrogens is 284 g/mol. The van der Waals surface area contributed by atoms with Crippen LogP contribution in [0.25, 0.3) is 0 Å². The molecule has 22 heavy (non-hydrogen) atoms. The van der Waals surface area contributed by atoms with Gasteiger partial charge in [0.1, 0.15) is 12.7 Å². The summed E-state index contributed by atoms with van der Waals surface area (Å²) in [6, 6.07) is 0.187. The Labute approximate surface area is 129 Å². The van der Waals surface area contributed by atoms with Gasteiger partial charge >= 0.3 is 5.82 Å². The predicted octanol–water partition coefficient (Wildman–Crippen LogP) is 2.12. The number of hydrogen-bond acceptors (Lipinski definition) is 4. The van der Waals surface area contributed by atoms with E-state index in [2.05, 4.69) is 31.1 Å². The first kappa shape index (κ1) is 15.0. The van der Waals surface area contributed by atoms with Crippen LogP contribution in [-0.4, -0.2) is 26.4 Å². The highest BCUT2D eigenvalue weighted by molar-refractivity contribution is 5.76. The van der Waals surface area contributed by atoms with Crippen LogP contribution in [0.4, 0.5) is 5.82 Å². The van der Waals surface area contributed by atoms with Gasteiger partial charge in [0.15, 0.2) is 0 Å². The predicted molar refractivity (Wildman–Crippen MR) is 80.0 cm³/mol. The van der Waals surface area contributed by atoms with E-state index in [1.54, 1.807) is 0 Å². The van der Waals surface area contributed by atoms with Crippen molar-refractivity contribution < 1.29 is 9.72 Å². The Hall–Kier alpha value is -1.92. The van der Waals surface area contributed by atoms with Gasteiger partial charge in [-0.3, -0.25) is 4.79 Å². The Balaban J connectivity index is 1.64. The maximum Gasteiger partial charge on any atom is 0.381 e. The Morgan fingerprint density at radius 1 is 1.55 bits per heavy atom. The third-order valence-corrected chi connectivity index (χ3v) is 6.26. The zero-order valence-electron chi connectivity index (χ0n) is 13.2. The molecule has 2 aliphatic rings. The molecule has 2 aliphatic carbocycles. The molecule has 3 atom stereocenters. The minimum atomic E-state index is -0.562. The number of fused-ring (bicyclic) bond motifs is 2. The lowest BCUT2D eigenvalue weighted by molar-refractivity contribution is -0.389. The van der Waals surface area contributed by atoms with Crippen molar-refractivity contribution in [2.45, 2.75) is 52.6 Å². The number of carbonyl (C=O) groups excluding carboxylic acids is 1. The van der Waals surface area contributed by atoms with E-state index in [9.17, 15) is 14.9 Å². The topological polar surface area (TPSA) is 90.1 Å². The van der Waals surface area contributed by atoms with Crippen molar-refractivity contribution in [3.63, 3.8) is 0 Å². The number of carbonyl (C=O) groups is 1. The fraction of sp³-hybridized carbons (Fsp3) is 0.733. The lowest BCUT2D eigenvalue weighted by Gasteiger charge is -2.39. The van der Waals surface area contributed by atoms with Gasteiger partial charge in [-0.25, -0.2) is 0 Å². The molecule has 3 rings (SSSR count). The molecule has 2 saturated carbocycles. The van der Waals surface area contributed by atoms with E-state index in [0.717, 1.165) is 12.8 Å². The van der Waals surface area contributed by atoms with Gasteiger partial charge < -0.3 is 20.0 Å². The van der Waals surface area contributed by atoms with Crippen LogP contribution in [0.15, 0.2) is 12.5 Å². The molecule has 7 nitrogen and oxygen atoms in total. The second kappa shape index (κ2) is 4.79. The highest BCUT2D eigenvalue weighted by Crippen LogP contribution is 2.65. The third-order valence-electron chi connectivity index (χ3n) is 6.26. The van der Waals surface area contributed by atoms with Crippen LogP contribution in [0, 0.1) is 26.9 Å². The van der Waals surface area contributed by atoms with Crippen LogP contribution < -0.4 is 5.32 Å². The Bertz CT molecular complexity index is 624. The number of rotatable bonds is 4. The summed E-state index contributed by atoms with van der Waals surface area (Å²) >= 11 is 0. The molecule has 7 heteroatoms. The largest absolute Gasteiger partial charge is 0.381 e. The van der Waals surface area contributed by atoms with Crippen LogP contribution in [0.2, 0.25) is 0 Å². The van der Waals surface area contributed by atoms with Crippen molar-refractivity contribution in [2.24, 2.45) is 16.7 Å². The Kier molecular flexibility index (Phi) is 3.27. The first-order valence-corrected chi connectivity index (χ1v) is 7.69. The van der Waals surface area contributed by atoms with Crippen LogP contribution in [0.3, 0.4) is 0 Å². The van der Waals surface area contributed by atoms with E-state index in [-0.39, 0.29) is 35.1 Å². The lowest BCUT2D eigenvalue weighted by Crippen LogP contribution is -2.47. The number of nitrogens with zero attached hydrogens (tertiary/aromatic N) is 3. The third kappa shape index (κ3) is 2.10. The number of imidazole rings is 1. The molecule has 2 bridgehead atoms. The average Bonchev–Trinajstić information content (AvgIpc) is 3.01. The molecule has 0 aliphatic heterocycles. The van der Waals surface area contributed by atoms with Gasteiger partial charge in [-0.2, -0.15) is 0 Å². The van der Waals surface area contributed by atoms with E-state index in [4.69, 9.17) is 0 Å². The zero-order chi connectivity index (χ0) is 16.1. The van der Waals surface area contributed by atoms with E-state index in [1.807, 2.05) is 0 Å². The molecule has 1 aromatic heterocycles. The molecule has 3 unspecified atom stereocenters. The highest BCUT2D eigenvalue weighted by atomic mass is 16.6. The molecule has 0 saturated heterocycles. The van der Waals surface area contributed by atoms with Crippen LogP contribution >= 0.6 is 0 Å². The average molecular weight is 306 g/mol. The number of amides is 1. The van der Waals surface area contributed by atoms with E-state index < -0.39 is 4.92 Å². The SMILES string of the molecule is CC1(C)C2CCC1(C)C(NC(=O)Cn1cnc([N+](=O)[O-])c1)C2. The maximum atomic E-state index is 12.2. The number of aromatic nitrogens is 2. The van der Waals surface area contributed by atoms with Gasteiger partial charge in [-0.05, 0) is 45.9 Å². The van der Waals surface area contributed by atoms with Crippen molar-refractivity contribution in [3.8, 4) is 0 Å². The lowest BCUT2D eigenvalue weighted by atomic mass is 9.69. The maximum absolute atomic E-state index is 12.2. The van der Waals surface area contributed by atoms with Gasteiger partial charge in [-0.15, -0.1) is 0 Å². The zero-order valence-corrected chi connectivity index (χ0v) is 13.2. The summed E-state index contributed by atoms with van der Waals surface area (Å²) in [5.41, 5.74) is 0.382. The van der Waals surface area contributed by atoms with Gasteiger partial charge in [0, 0.05) is 6.04 Å². The molecule has 0 aromatic carbocycles. The minimum absolute atomic E-state index is 0.0680. The molecule has 1 aromatic rings. The van der Waals surface area contributed by atoms with Gasteiger partial charge in [0.25, 0.3) is 0 Å². The van der Waals surface area contributed by atoms with Crippen molar-refractivity contribution >= 4 is 11.7 Å². The first-order chi connectivity index (χ1) is 10.2. The fourth-order valence-corrected chi connectivity index (χ4v) is 4.36. The molecule has 0 radical (unpaired) electrons. The van der Waals surface area contributed by atoms with E-state index >= 15 is 0 Å². The van der Waals surface area contributed by atoms with E-state index in [0.29, 0.717) is 5.92 Å². The molecule has 1 amide bonds. The molecule has 1 heterocycles. The molecular formula is C15H22N4O3. The molecule has 0 spiro atoms. The summed E-state index contributed by atoms with van der Waals surface area (Å²) in [6.45, 7) is 6.94. The first-order valence-electron chi connectivity index (χ1n) is 7.69. The van der Waals surface area contributed by atoms with Crippen LogP contribution in [-0.2, 0) is 11.3 Å². The summed E-state index contributed by atoms with van der Waals surface area (Å²) in [5.74, 6) is 0.319. The quantitative estimate of drug-likeness (QED) is 0.681. The monoisotopic (exact) mass is 306 g/mol. The summed E-state index contributed by atoms with van der Waals surface area (Å²) in [7, 11) is 0. The molecule has 120 valence electrons. The fourth-order valence-electron chi connectivity index (χ4n) is 4.36. The summed E-state index contributed by atoms with van der Waals surface area (Å²) in [6.07, 6.45) is 6.02. The summed E-state index contributed by atoms with van der Waals surface area (Å²) < 4.78 is 1.45. The van der Waals surface area contributed by atoms with Gasteiger partial charge in [0.2, 0.25) is 12.2 Å². The Morgan fingerprint density at radius 3 is 2.77 bits per heavy atom. The molecule has 1 N–H and O–H groups in total. The normalized spacial score (nSPS) is 32.1. The van der Waals surface area contributed by atoms with Crippen molar-refractivity contribution in [2.75, 3.05) is 0 Å². The van der Waals surface area contributed by atoms with Crippen molar-refractivity contribution in [1.29, 1.82) is 0 Å². The summed E-state index contributed by atoms with van der Waals surface area (Å²) in [4.78, 5) is 26.0. The highest BCUT2D eigenvalue weighted by Gasteiger charge is 2.61. The second-order valence-electron chi connectivity index (χ2n) is 7.39. The summed E-state index contributed by atoms with van der Waals surface area (Å²) in [5, 5.41) is 13.7. The van der Waals surface area contributed by atoms with Gasteiger partial charge in [0.05, 0.1) is 0 Å². The Morgan fingerprint density at radius 2 is 2.27 bits per heavy atom. The number of nitro groups is 1. The minimum Gasteiger partial charge on any atom is -0.358 e. The van der Waals surface area contributed by atoms with Gasteiger partial charge in [-0.1, -0.05) is 20.8 Å². The standard InChI is InChI=1S/C15H22N4O3/c1-14(2)10-4-5-15(14,3)11(6-10)17-13(20)8-18-7-12(16-9-18)19(21)22/h7,9-11H,4-6,8H2,1-3H3,(H,17,20). The van der Waals surface area contributed by atoms with Crippen molar-refractivity contribution in [1.82, 2.24) is 14.9 Å². The van der Waals surface area contributed by atoms with E-state index in [1.165, 1.54) is 23.5 Å². The van der Waals surface area contributed by atoms with Crippen LogP contribution in [0.1, 0.15) is 40.0 Å². The second-order valence-corrected chi connectivity index (χ2v) is 7.39. The van der Waals surface area contributed by atoms with Crippen molar-refractivity contribution in [3.05, 3.63) is 22.6 Å². The number of hydrogen-bond donors (Lipinski definition) is 1. The smallest absolute Gasteiger partial charge is 0.358 e. The van der Waals surface area contributed by atoms with Crippen LogP contribution in [0.5, 0.6) is 0 Å².